The third-order valence-corrected chi connectivity index (χ3v) is 4.58. The minimum Gasteiger partial charge on any atom is -0.324 e. The van der Waals surface area contributed by atoms with Gasteiger partial charge in [0.05, 0.1) is 22.2 Å². The molecule has 4 N–H and O–H groups in total. The molecule has 10 heteroatoms. The van der Waals surface area contributed by atoms with E-state index in [2.05, 4.69) is 10.6 Å². The van der Waals surface area contributed by atoms with Crippen molar-refractivity contribution in [2.24, 2.45) is 5.14 Å². The SMILES string of the molecule is Cl.NS(=O)(=O)c1ccc(Cl)c(NC(=O)CN2CCCNCC2)c1. The summed E-state index contributed by atoms with van der Waals surface area (Å²) < 4.78 is 22.7. The molecule has 1 aromatic rings. The highest BCUT2D eigenvalue weighted by Gasteiger charge is 2.15. The first kappa shape index (κ1) is 20.1. The fourth-order valence-corrected chi connectivity index (χ4v) is 2.93. The summed E-state index contributed by atoms with van der Waals surface area (Å²) in [5.41, 5.74) is 0.242. The number of amides is 1. The summed E-state index contributed by atoms with van der Waals surface area (Å²) in [6.45, 7) is 3.65. The number of anilines is 1. The third kappa shape index (κ3) is 6.25. The van der Waals surface area contributed by atoms with Gasteiger partial charge in [-0.1, -0.05) is 11.6 Å². The average molecular weight is 383 g/mol. The van der Waals surface area contributed by atoms with Gasteiger partial charge in [0.15, 0.2) is 0 Å². The van der Waals surface area contributed by atoms with Crippen LogP contribution in [0.2, 0.25) is 5.02 Å². The van der Waals surface area contributed by atoms with Crippen LogP contribution < -0.4 is 15.8 Å². The molecule has 130 valence electrons. The number of nitrogens with zero attached hydrogens (tertiary/aromatic N) is 1. The number of carbonyl (C=O) groups excluding carboxylic acids is 1. The van der Waals surface area contributed by atoms with Crippen molar-refractivity contribution >= 4 is 45.6 Å². The van der Waals surface area contributed by atoms with E-state index in [0.29, 0.717) is 0 Å². The molecular weight excluding hydrogens is 363 g/mol. The Morgan fingerprint density at radius 3 is 2.78 bits per heavy atom. The van der Waals surface area contributed by atoms with E-state index < -0.39 is 10.0 Å². The second kappa shape index (κ2) is 8.81. The molecule has 1 aromatic carbocycles. The van der Waals surface area contributed by atoms with Gasteiger partial charge in [-0.2, -0.15) is 0 Å². The van der Waals surface area contributed by atoms with Crippen LogP contribution in [0.4, 0.5) is 5.69 Å². The van der Waals surface area contributed by atoms with Crippen LogP contribution in [0, 0.1) is 0 Å². The summed E-state index contributed by atoms with van der Waals surface area (Å²) in [7, 11) is -3.84. The third-order valence-electron chi connectivity index (χ3n) is 3.34. The van der Waals surface area contributed by atoms with Crippen LogP contribution in [0.1, 0.15) is 6.42 Å². The zero-order valence-corrected chi connectivity index (χ0v) is 14.8. The fraction of sp³-hybridized carbons (Fsp3) is 0.462. The van der Waals surface area contributed by atoms with E-state index in [1.165, 1.54) is 18.2 Å². The lowest BCUT2D eigenvalue weighted by Gasteiger charge is -2.19. The summed E-state index contributed by atoms with van der Waals surface area (Å²) >= 11 is 5.99. The number of primary sulfonamides is 1. The lowest BCUT2D eigenvalue weighted by molar-refractivity contribution is -0.117. The van der Waals surface area contributed by atoms with Gasteiger partial charge in [-0.05, 0) is 37.7 Å². The van der Waals surface area contributed by atoms with Gasteiger partial charge in [0.1, 0.15) is 0 Å². The molecule has 1 amide bonds. The van der Waals surface area contributed by atoms with Gasteiger partial charge >= 0.3 is 0 Å². The predicted octanol–water partition coefficient (Wildman–Crippen LogP) is 0.643. The van der Waals surface area contributed by atoms with Crippen LogP contribution in [0.3, 0.4) is 0 Å². The van der Waals surface area contributed by atoms with Crippen molar-refractivity contribution < 1.29 is 13.2 Å². The van der Waals surface area contributed by atoms with E-state index >= 15 is 0 Å². The Morgan fingerprint density at radius 1 is 1.35 bits per heavy atom. The van der Waals surface area contributed by atoms with Crippen LogP contribution in [0.15, 0.2) is 23.1 Å². The molecule has 1 fully saturated rings. The molecule has 0 spiro atoms. The molecule has 2 rings (SSSR count). The van der Waals surface area contributed by atoms with Crippen LogP contribution >= 0.6 is 24.0 Å². The van der Waals surface area contributed by atoms with Crippen LogP contribution in [0.5, 0.6) is 0 Å². The highest BCUT2D eigenvalue weighted by Crippen LogP contribution is 2.24. The first-order valence-electron chi connectivity index (χ1n) is 6.91. The Morgan fingerprint density at radius 2 is 2.09 bits per heavy atom. The van der Waals surface area contributed by atoms with Crippen LogP contribution in [0.25, 0.3) is 0 Å². The predicted molar refractivity (Wildman–Crippen MR) is 92.6 cm³/mol. The molecule has 1 aliphatic rings. The Labute approximate surface area is 147 Å². The topological polar surface area (TPSA) is 105 Å². The summed E-state index contributed by atoms with van der Waals surface area (Å²) in [6.07, 6.45) is 0.981. The molecule has 0 bridgehead atoms. The fourth-order valence-electron chi connectivity index (χ4n) is 2.23. The van der Waals surface area contributed by atoms with Crippen molar-refractivity contribution in [2.75, 3.05) is 38.0 Å². The maximum absolute atomic E-state index is 12.1. The first-order valence-corrected chi connectivity index (χ1v) is 8.84. The highest BCUT2D eigenvalue weighted by molar-refractivity contribution is 7.89. The maximum Gasteiger partial charge on any atom is 0.238 e. The minimum absolute atomic E-state index is 0. The summed E-state index contributed by atoms with van der Waals surface area (Å²) in [5.74, 6) is -0.240. The smallest absolute Gasteiger partial charge is 0.238 e. The summed E-state index contributed by atoms with van der Waals surface area (Å²) in [6, 6.07) is 3.96. The first-order chi connectivity index (χ1) is 10.4. The number of carbonyl (C=O) groups is 1. The molecule has 23 heavy (non-hydrogen) atoms. The molecule has 7 nitrogen and oxygen atoms in total. The lowest BCUT2D eigenvalue weighted by atomic mass is 10.3. The van der Waals surface area contributed by atoms with Crippen molar-refractivity contribution in [3.63, 3.8) is 0 Å². The monoisotopic (exact) mass is 382 g/mol. The van der Waals surface area contributed by atoms with Gasteiger partial charge < -0.3 is 10.6 Å². The van der Waals surface area contributed by atoms with Crippen molar-refractivity contribution in [2.45, 2.75) is 11.3 Å². The zero-order valence-electron chi connectivity index (χ0n) is 12.4. The molecule has 1 saturated heterocycles. The average Bonchev–Trinajstić information content (AvgIpc) is 2.68. The number of nitrogens with one attached hydrogen (secondary N) is 2. The Kier molecular flexibility index (Phi) is 7.72. The van der Waals surface area contributed by atoms with Gasteiger partial charge in [-0.25, -0.2) is 13.6 Å². The Hall–Kier alpha value is -0.900. The standard InChI is InChI=1S/C13H19ClN4O3S.ClH/c14-11-3-2-10(22(15,20)21)8-12(11)17-13(19)9-18-6-1-4-16-5-7-18;/h2-3,8,16H,1,4-7,9H2,(H,17,19)(H2,15,20,21);1H. The van der Waals surface area contributed by atoms with E-state index in [1.54, 1.807) is 0 Å². The second-order valence-electron chi connectivity index (χ2n) is 5.11. The summed E-state index contributed by atoms with van der Waals surface area (Å²) in [4.78, 5) is 14.0. The number of halogens is 2. The van der Waals surface area contributed by atoms with Gasteiger partial charge in [-0.3, -0.25) is 9.69 Å². The molecule has 0 aromatic heterocycles. The molecule has 0 aliphatic carbocycles. The number of hydrogen-bond donors (Lipinski definition) is 3. The molecular formula is C13H20Cl2N4O3S. The number of benzene rings is 1. The zero-order chi connectivity index (χ0) is 16.2. The van der Waals surface area contributed by atoms with Gasteiger partial charge in [0.2, 0.25) is 15.9 Å². The largest absolute Gasteiger partial charge is 0.324 e. The summed E-state index contributed by atoms with van der Waals surface area (Å²) in [5, 5.41) is 11.2. The molecule has 0 saturated carbocycles. The molecule has 0 unspecified atom stereocenters. The van der Waals surface area contributed by atoms with E-state index in [1.807, 2.05) is 4.90 Å². The van der Waals surface area contributed by atoms with Crippen molar-refractivity contribution in [3.05, 3.63) is 23.2 Å². The Balaban J connectivity index is 0.00000264. The second-order valence-corrected chi connectivity index (χ2v) is 7.08. The van der Waals surface area contributed by atoms with Crippen molar-refractivity contribution in [3.8, 4) is 0 Å². The van der Waals surface area contributed by atoms with E-state index in [0.717, 1.165) is 32.6 Å². The van der Waals surface area contributed by atoms with Crippen molar-refractivity contribution in [1.29, 1.82) is 0 Å². The number of rotatable bonds is 4. The van der Waals surface area contributed by atoms with Crippen molar-refractivity contribution in [1.82, 2.24) is 10.2 Å². The maximum atomic E-state index is 12.1. The van der Waals surface area contributed by atoms with Gasteiger partial charge in [-0.15, -0.1) is 12.4 Å². The van der Waals surface area contributed by atoms with Gasteiger partial charge in [0, 0.05) is 13.1 Å². The minimum atomic E-state index is -3.84. The van der Waals surface area contributed by atoms with Crippen LogP contribution in [-0.4, -0.2) is 51.9 Å². The van der Waals surface area contributed by atoms with E-state index in [4.69, 9.17) is 16.7 Å². The van der Waals surface area contributed by atoms with Gasteiger partial charge in [0.25, 0.3) is 0 Å². The number of hydrogen-bond acceptors (Lipinski definition) is 5. The van der Waals surface area contributed by atoms with E-state index in [9.17, 15) is 13.2 Å². The Bertz CT molecular complexity index is 647. The molecule has 1 aliphatic heterocycles. The van der Waals surface area contributed by atoms with Crippen LogP contribution in [-0.2, 0) is 14.8 Å². The molecule has 0 radical (unpaired) electrons. The number of nitrogens with two attached hydrogens (primary N) is 1. The highest BCUT2D eigenvalue weighted by atomic mass is 35.5. The van der Waals surface area contributed by atoms with E-state index in [-0.39, 0.29) is 40.5 Å². The normalized spacial score (nSPS) is 16.3. The molecule has 1 heterocycles. The lowest BCUT2D eigenvalue weighted by Crippen LogP contribution is -2.35. The number of sulfonamides is 1. The molecule has 0 atom stereocenters. The quantitative estimate of drug-likeness (QED) is 0.708.